The van der Waals surface area contributed by atoms with Crippen molar-refractivity contribution < 1.29 is 9.90 Å². The zero-order chi connectivity index (χ0) is 15.5. The third-order valence-corrected chi connectivity index (χ3v) is 3.16. The standard InChI is InChI=1S/C16H14N4O2/c1-11-14(15(21)18-12-7-3-2-4-8-12)16(22)20(19-11)13-9-5-6-10-17-13/h2-10,22H,1H3,(H,18,21). The van der Waals surface area contributed by atoms with Crippen LogP contribution in [0.15, 0.2) is 54.7 Å². The summed E-state index contributed by atoms with van der Waals surface area (Å²) in [6.07, 6.45) is 1.59. The summed E-state index contributed by atoms with van der Waals surface area (Å²) in [5, 5.41) is 17.2. The van der Waals surface area contributed by atoms with Gasteiger partial charge in [0.15, 0.2) is 5.82 Å². The zero-order valence-corrected chi connectivity index (χ0v) is 11.9. The highest BCUT2D eigenvalue weighted by molar-refractivity contribution is 6.06. The molecule has 0 aliphatic rings. The first-order valence-corrected chi connectivity index (χ1v) is 6.73. The Labute approximate surface area is 127 Å². The number of aryl methyl sites for hydroxylation is 1. The van der Waals surface area contributed by atoms with Gasteiger partial charge in [0.1, 0.15) is 5.56 Å². The number of nitrogens with zero attached hydrogens (tertiary/aromatic N) is 3. The molecule has 0 atom stereocenters. The number of aromatic hydroxyl groups is 1. The molecule has 0 bridgehead atoms. The molecule has 22 heavy (non-hydrogen) atoms. The smallest absolute Gasteiger partial charge is 0.263 e. The molecule has 6 nitrogen and oxygen atoms in total. The Hall–Kier alpha value is -3.15. The van der Waals surface area contributed by atoms with Gasteiger partial charge in [-0.05, 0) is 31.2 Å². The Kier molecular flexibility index (Phi) is 3.57. The highest BCUT2D eigenvalue weighted by atomic mass is 16.3. The van der Waals surface area contributed by atoms with Crippen molar-refractivity contribution in [3.8, 4) is 11.7 Å². The number of para-hydroxylation sites is 1. The Bertz CT molecular complexity index is 798. The first-order valence-electron chi connectivity index (χ1n) is 6.73. The van der Waals surface area contributed by atoms with Crippen molar-refractivity contribution in [3.63, 3.8) is 0 Å². The Morgan fingerprint density at radius 1 is 1.14 bits per heavy atom. The van der Waals surface area contributed by atoms with E-state index < -0.39 is 5.91 Å². The summed E-state index contributed by atoms with van der Waals surface area (Å²) >= 11 is 0. The largest absolute Gasteiger partial charge is 0.493 e. The van der Waals surface area contributed by atoms with Gasteiger partial charge in [-0.2, -0.15) is 9.78 Å². The first kappa shape index (κ1) is 13.8. The first-order chi connectivity index (χ1) is 10.7. The lowest BCUT2D eigenvalue weighted by atomic mass is 10.2. The third-order valence-electron chi connectivity index (χ3n) is 3.16. The van der Waals surface area contributed by atoms with Gasteiger partial charge in [-0.15, -0.1) is 0 Å². The average Bonchev–Trinajstić information content (AvgIpc) is 2.84. The molecule has 0 saturated heterocycles. The van der Waals surface area contributed by atoms with Gasteiger partial charge >= 0.3 is 0 Å². The maximum absolute atomic E-state index is 12.4. The predicted molar refractivity (Wildman–Crippen MR) is 82.2 cm³/mol. The van der Waals surface area contributed by atoms with Crippen LogP contribution in [0, 0.1) is 6.92 Å². The van der Waals surface area contributed by atoms with Gasteiger partial charge in [-0.1, -0.05) is 24.3 Å². The fourth-order valence-corrected chi connectivity index (χ4v) is 2.13. The second kappa shape index (κ2) is 5.69. The van der Waals surface area contributed by atoms with Crippen molar-refractivity contribution in [2.24, 2.45) is 0 Å². The highest BCUT2D eigenvalue weighted by Gasteiger charge is 2.22. The van der Waals surface area contributed by atoms with E-state index in [0.717, 1.165) is 0 Å². The normalized spacial score (nSPS) is 10.4. The van der Waals surface area contributed by atoms with E-state index in [9.17, 15) is 9.90 Å². The SMILES string of the molecule is Cc1nn(-c2ccccn2)c(O)c1C(=O)Nc1ccccc1. The van der Waals surface area contributed by atoms with Crippen LogP contribution in [0.5, 0.6) is 5.88 Å². The molecule has 3 rings (SSSR count). The second-order valence-electron chi connectivity index (χ2n) is 4.70. The van der Waals surface area contributed by atoms with Gasteiger partial charge in [0.2, 0.25) is 5.88 Å². The third kappa shape index (κ3) is 2.54. The monoisotopic (exact) mass is 294 g/mol. The topological polar surface area (TPSA) is 80.0 Å². The summed E-state index contributed by atoms with van der Waals surface area (Å²) in [6.45, 7) is 1.67. The Morgan fingerprint density at radius 2 is 1.86 bits per heavy atom. The van der Waals surface area contributed by atoms with Crippen molar-refractivity contribution in [1.29, 1.82) is 0 Å². The van der Waals surface area contributed by atoms with Gasteiger partial charge in [-0.3, -0.25) is 4.79 Å². The van der Waals surface area contributed by atoms with Crippen LogP contribution in [0.3, 0.4) is 0 Å². The molecule has 1 amide bonds. The van der Waals surface area contributed by atoms with E-state index in [-0.39, 0.29) is 11.4 Å². The van der Waals surface area contributed by atoms with Gasteiger partial charge < -0.3 is 10.4 Å². The van der Waals surface area contributed by atoms with Gasteiger partial charge in [0.05, 0.1) is 5.69 Å². The molecule has 0 unspecified atom stereocenters. The molecule has 0 saturated carbocycles. The number of hydrogen-bond acceptors (Lipinski definition) is 4. The molecule has 0 aliphatic carbocycles. The predicted octanol–water partition coefficient (Wildman–Crippen LogP) is 2.53. The van der Waals surface area contributed by atoms with Crippen LogP contribution >= 0.6 is 0 Å². The van der Waals surface area contributed by atoms with E-state index in [1.807, 2.05) is 18.2 Å². The Balaban J connectivity index is 1.95. The van der Waals surface area contributed by atoms with E-state index in [1.165, 1.54) is 4.68 Å². The van der Waals surface area contributed by atoms with Gasteiger partial charge in [0.25, 0.3) is 5.91 Å². The number of carbonyl (C=O) groups is 1. The van der Waals surface area contributed by atoms with Crippen molar-refractivity contribution in [3.05, 3.63) is 66.0 Å². The fraction of sp³-hybridized carbons (Fsp3) is 0.0625. The summed E-state index contributed by atoms with van der Waals surface area (Å²) < 4.78 is 1.25. The minimum Gasteiger partial charge on any atom is -0.493 e. The molecule has 110 valence electrons. The van der Waals surface area contributed by atoms with Crippen LogP contribution in [0.2, 0.25) is 0 Å². The molecular formula is C16H14N4O2. The maximum atomic E-state index is 12.4. The lowest BCUT2D eigenvalue weighted by Gasteiger charge is -2.05. The van der Waals surface area contributed by atoms with Gasteiger partial charge in [0, 0.05) is 11.9 Å². The number of amides is 1. The number of aromatic nitrogens is 3. The zero-order valence-electron chi connectivity index (χ0n) is 11.9. The number of benzene rings is 1. The number of pyridine rings is 1. The molecule has 0 fully saturated rings. The van der Waals surface area contributed by atoms with Crippen LogP contribution < -0.4 is 5.32 Å². The van der Waals surface area contributed by atoms with Crippen molar-refractivity contribution in [2.45, 2.75) is 6.92 Å². The molecule has 0 aliphatic heterocycles. The average molecular weight is 294 g/mol. The lowest BCUT2D eigenvalue weighted by Crippen LogP contribution is -2.12. The minimum absolute atomic E-state index is 0.134. The molecule has 3 aromatic rings. The number of rotatable bonds is 3. The van der Waals surface area contributed by atoms with Crippen LogP contribution in [-0.4, -0.2) is 25.8 Å². The summed E-state index contributed by atoms with van der Waals surface area (Å²) in [7, 11) is 0. The van der Waals surface area contributed by atoms with E-state index >= 15 is 0 Å². The van der Waals surface area contributed by atoms with Crippen LogP contribution in [0.1, 0.15) is 16.1 Å². The molecule has 2 heterocycles. The quantitative estimate of drug-likeness (QED) is 0.778. The van der Waals surface area contributed by atoms with Crippen molar-refractivity contribution in [2.75, 3.05) is 5.32 Å². The number of nitrogens with one attached hydrogen (secondary N) is 1. The molecule has 0 spiro atoms. The number of carbonyl (C=O) groups excluding carboxylic acids is 1. The van der Waals surface area contributed by atoms with Crippen molar-refractivity contribution >= 4 is 11.6 Å². The summed E-state index contributed by atoms with van der Waals surface area (Å²) in [4.78, 5) is 16.5. The van der Waals surface area contributed by atoms with E-state index in [1.54, 1.807) is 43.5 Å². The molecule has 6 heteroatoms. The van der Waals surface area contributed by atoms with Crippen LogP contribution in [0.4, 0.5) is 5.69 Å². The fourth-order valence-electron chi connectivity index (χ4n) is 2.13. The van der Waals surface area contributed by atoms with Crippen molar-refractivity contribution in [1.82, 2.24) is 14.8 Å². The van der Waals surface area contributed by atoms with Gasteiger partial charge in [-0.25, -0.2) is 4.98 Å². The summed E-state index contributed by atoms with van der Waals surface area (Å²) in [5.74, 6) is -0.199. The summed E-state index contributed by atoms with van der Waals surface area (Å²) in [5.41, 5.74) is 1.21. The molecular weight excluding hydrogens is 280 g/mol. The van der Waals surface area contributed by atoms with Crippen LogP contribution in [0.25, 0.3) is 5.82 Å². The van der Waals surface area contributed by atoms with E-state index in [2.05, 4.69) is 15.4 Å². The number of anilines is 1. The number of hydrogen-bond donors (Lipinski definition) is 2. The lowest BCUT2D eigenvalue weighted by molar-refractivity contribution is 0.102. The van der Waals surface area contributed by atoms with E-state index in [0.29, 0.717) is 17.2 Å². The summed E-state index contributed by atoms with van der Waals surface area (Å²) in [6, 6.07) is 14.3. The maximum Gasteiger partial charge on any atom is 0.263 e. The molecule has 2 N–H and O–H groups in total. The molecule has 2 aromatic heterocycles. The molecule has 0 radical (unpaired) electrons. The Morgan fingerprint density at radius 3 is 2.55 bits per heavy atom. The van der Waals surface area contributed by atoms with Crippen LogP contribution in [-0.2, 0) is 0 Å². The highest BCUT2D eigenvalue weighted by Crippen LogP contribution is 2.24. The second-order valence-corrected chi connectivity index (χ2v) is 4.70. The van der Waals surface area contributed by atoms with E-state index in [4.69, 9.17) is 0 Å². The minimum atomic E-state index is -0.414. The molecule has 1 aromatic carbocycles.